The Morgan fingerprint density at radius 3 is 2.74 bits per heavy atom. The van der Waals surface area contributed by atoms with Crippen molar-refractivity contribution in [2.24, 2.45) is 7.05 Å². The molecule has 6 heteroatoms. The topological polar surface area (TPSA) is 55.2 Å². The minimum atomic E-state index is -3.56. The number of rotatable bonds is 2. The van der Waals surface area contributed by atoms with Crippen LogP contribution in [-0.4, -0.2) is 24.5 Å². The summed E-state index contributed by atoms with van der Waals surface area (Å²) in [5.41, 5.74) is 3.50. The van der Waals surface area contributed by atoms with Crippen molar-refractivity contribution in [3.8, 4) is 0 Å². The second-order valence-corrected chi connectivity index (χ2v) is 7.69. The minimum Gasteiger partial charge on any atom is -0.331 e. The molecule has 0 unspecified atom stereocenters. The third-order valence-electron chi connectivity index (χ3n) is 4.51. The highest BCUT2D eigenvalue weighted by molar-refractivity contribution is 7.92. The van der Waals surface area contributed by atoms with Gasteiger partial charge in [0.05, 0.1) is 21.6 Å². The number of aromatic nitrogens is 2. The maximum Gasteiger partial charge on any atom is 0.264 e. The smallest absolute Gasteiger partial charge is 0.264 e. The summed E-state index contributed by atoms with van der Waals surface area (Å²) in [4.78, 5) is 4.73. The zero-order valence-corrected chi connectivity index (χ0v) is 13.8. The third-order valence-corrected chi connectivity index (χ3v) is 6.32. The lowest BCUT2D eigenvalue weighted by Gasteiger charge is -2.19. The Hall–Kier alpha value is -2.34. The summed E-state index contributed by atoms with van der Waals surface area (Å²) in [6.07, 6.45) is 0.750. The van der Waals surface area contributed by atoms with Crippen LogP contribution in [0.1, 0.15) is 11.4 Å². The fourth-order valence-corrected chi connectivity index (χ4v) is 4.67. The molecular formula is C17H17N3O2S. The lowest BCUT2D eigenvalue weighted by Crippen LogP contribution is -2.29. The normalized spacial score (nSPS) is 14.4. The van der Waals surface area contributed by atoms with Crippen LogP contribution in [0.3, 0.4) is 0 Å². The van der Waals surface area contributed by atoms with E-state index in [9.17, 15) is 8.42 Å². The second-order valence-electron chi connectivity index (χ2n) is 5.82. The lowest BCUT2D eigenvalue weighted by molar-refractivity contribution is 0.592. The monoisotopic (exact) mass is 327 g/mol. The average molecular weight is 327 g/mol. The van der Waals surface area contributed by atoms with Gasteiger partial charge >= 0.3 is 0 Å². The molecule has 5 nitrogen and oxygen atoms in total. The molecule has 0 bridgehead atoms. The van der Waals surface area contributed by atoms with Crippen LogP contribution in [0.15, 0.2) is 47.4 Å². The van der Waals surface area contributed by atoms with Crippen molar-refractivity contribution in [1.29, 1.82) is 0 Å². The highest BCUT2D eigenvalue weighted by atomic mass is 32.2. The van der Waals surface area contributed by atoms with Crippen molar-refractivity contribution in [2.75, 3.05) is 10.8 Å². The molecule has 0 atom stereocenters. The summed E-state index contributed by atoms with van der Waals surface area (Å²) in [7, 11) is -1.64. The second kappa shape index (κ2) is 4.83. The highest BCUT2D eigenvalue weighted by Gasteiger charge is 2.30. The van der Waals surface area contributed by atoms with Gasteiger partial charge in [0, 0.05) is 13.6 Å². The molecule has 0 saturated heterocycles. The first kappa shape index (κ1) is 14.3. The molecule has 2 aromatic carbocycles. The Morgan fingerprint density at radius 1 is 1.13 bits per heavy atom. The molecule has 4 rings (SSSR count). The van der Waals surface area contributed by atoms with Crippen LogP contribution in [0.25, 0.3) is 11.0 Å². The SMILES string of the molecule is Cc1nc2cc(S(=O)(=O)N3CCc4ccccc43)ccc2n1C. The number of aryl methyl sites for hydroxylation is 2. The van der Waals surface area contributed by atoms with Gasteiger partial charge in [0.2, 0.25) is 0 Å². The van der Waals surface area contributed by atoms with Crippen molar-refractivity contribution in [1.82, 2.24) is 9.55 Å². The van der Waals surface area contributed by atoms with E-state index in [0.29, 0.717) is 17.0 Å². The van der Waals surface area contributed by atoms with Gasteiger partial charge in [-0.2, -0.15) is 0 Å². The Morgan fingerprint density at radius 2 is 1.91 bits per heavy atom. The molecular weight excluding hydrogens is 310 g/mol. The average Bonchev–Trinajstić information content (AvgIpc) is 3.09. The molecule has 1 aliphatic heterocycles. The van der Waals surface area contributed by atoms with E-state index < -0.39 is 10.0 Å². The van der Waals surface area contributed by atoms with Crippen LogP contribution in [-0.2, 0) is 23.5 Å². The third kappa shape index (κ3) is 2.05. The number of hydrogen-bond acceptors (Lipinski definition) is 3. The first-order valence-corrected chi connectivity index (χ1v) is 8.96. The molecule has 0 radical (unpaired) electrons. The number of anilines is 1. The Bertz CT molecular complexity index is 1020. The maximum absolute atomic E-state index is 13.0. The van der Waals surface area contributed by atoms with E-state index in [-0.39, 0.29) is 0 Å². The van der Waals surface area contributed by atoms with Gasteiger partial charge in [0.25, 0.3) is 10.0 Å². The molecule has 0 aliphatic carbocycles. The predicted molar refractivity (Wildman–Crippen MR) is 90.1 cm³/mol. The van der Waals surface area contributed by atoms with Crippen molar-refractivity contribution in [3.63, 3.8) is 0 Å². The number of nitrogens with zero attached hydrogens (tertiary/aromatic N) is 3. The minimum absolute atomic E-state index is 0.291. The Balaban J connectivity index is 1.84. The van der Waals surface area contributed by atoms with E-state index in [0.717, 1.165) is 29.0 Å². The van der Waals surface area contributed by atoms with Gasteiger partial charge in [0.1, 0.15) is 5.82 Å². The van der Waals surface area contributed by atoms with E-state index in [2.05, 4.69) is 4.98 Å². The standard InChI is InChI=1S/C17H17N3O2S/c1-12-18-15-11-14(7-8-17(15)19(12)2)23(21,22)20-10-9-13-5-3-4-6-16(13)20/h3-8,11H,9-10H2,1-2H3. The maximum atomic E-state index is 13.0. The molecule has 0 N–H and O–H groups in total. The number of sulfonamides is 1. The number of imidazole rings is 1. The molecule has 0 spiro atoms. The van der Waals surface area contributed by atoms with E-state index in [1.165, 1.54) is 4.31 Å². The van der Waals surface area contributed by atoms with Gasteiger partial charge in [0.15, 0.2) is 0 Å². The van der Waals surface area contributed by atoms with Crippen LogP contribution < -0.4 is 4.31 Å². The van der Waals surface area contributed by atoms with Crippen LogP contribution in [0.5, 0.6) is 0 Å². The highest BCUT2D eigenvalue weighted by Crippen LogP contribution is 2.33. The lowest BCUT2D eigenvalue weighted by atomic mass is 10.2. The molecule has 0 saturated carbocycles. The van der Waals surface area contributed by atoms with Crippen LogP contribution in [0.4, 0.5) is 5.69 Å². The fourth-order valence-electron chi connectivity index (χ4n) is 3.15. The molecule has 0 fully saturated rings. The van der Waals surface area contributed by atoms with Gasteiger partial charge in [-0.1, -0.05) is 18.2 Å². The quantitative estimate of drug-likeness (QED) is 0.727. The zero-order valence-electron chi connectivity index (χ0n) is 13.0. The van der Waals surface area contributed by atoms with Gasteiger partial charge in [-0.15, -0.1) is 0 Å². The van der Waals surface area contributed by atoms with E-state index in [4.69, 9.17) is 0 Å². The number of benzene rings is 2. The first-order valence-electron chi connectivity index (χ1n) is 7.52. The number of fused-ring (bicyclic) bond motifs is 2. The molecule has 118 valence electrons. The summed E-state index contributed by atoms with van der Waals surface area (Å²) in [6.45, 7) is 2.39. The van der Waals surface area contributed by atoms with Crippen molar-refractivity contribution >= 4 is 26.7 Å². The molecule has 3 aromatic rings. The van der Waals surface area contributed by atoms with Gasteiger partial charge in [-0.3, -0.25) is 4.31 Å². The predicted octanol–water partition coefficient (Wildman–Crippen LogP) is 2.63. The van der Waals surface area contributed by atoms with Gasteiger partial charge in [-0.05, 0) is 43.2 Å². The number of para-hydroxylation sites is 1. The first-order chi connectivity index (χ1) is 11.0. The summed E-state index contributed by atoms with van der Waals surface area (Å²) in [6, 6.07) is 12.8. The summed E-state index contributed by atoms with van der Waals surface area (Å²) < 4.78 is 29.5. The Labute approximate surface area is 135 Å². The Kier molecular flexibility index (Phi) is 2.99. The van der Waals surface area contributed by atoms with Crippen molar-refractivity contribution in [2.45, 2.75) is 18.2 Å². The van der Waals surface area contributed by atoms with Gasteiger partial charge < -0.3 is 4.57 Å². The van der Waals surface area contributed by atoms with Crippen molar-refractivity contribution < 1.29 is 8.42 Å². The largest absolute Gasteiger partial charge is 0.331 e. The van der Waals surface area contributed by atoms with E-state index >= 15 is 0 Å². The molecule has 2 heterocycles. The zero-order chi connectivity index (χ0) is 16.2. The summed E-state index contributed by atoms with van der Waals surface area (Å²) in [5, 5.41) is 0. The molecule has 0 amide bonds. The van der Waals surface area contributed by atoms with Crippen LogP contribution in [0.2, 0.25) is 0 Å². The van der Waals surface area contributed by atoms with Crippen LogP contribution in [0, 0.1) is 6.92 Å². The molecule has 1 aromatic heterocycles. The fraction of sp³-hybridized carbons (Fsp3) is 0.235. The number of hydrogen-bond donors (Lipinski definition) is 0. The molecule has 23 heavy (non-hydrogen) atoms. The molecule has 1 aliphatic rings. The summed E-state index contributed by atoms with van der Waals surface area (Å²) in [5.74, 6) is 0.862. The van der Waals surface area contributed by atoms with Gasteiger partial charge in [-0.25, -0.2) is 13.4 Å². The van der Waals surface area contributed by atoms with Crippen molar-refractivity contribution in [3.05, 3.63) is 53.9 Å². The van der Waals surface area contributed by atoms with E-state index in [1.54, 1.807) is 12.1 Å². The van der Waals surface area contributed by atoms with Crippen LogP contribution >= 0.6 is 0 Å². The summed E-state index contributed by atoms with van der Waals surface area (Å²) >= 11 is 0. The van der Waals surface area contributed by atoms with E-state index in [1.807, 2.05) is 48.9 Å².